The molecule has 2 saturated heterocycles. The lowest BCUT2D eigenvalue weighted by Gasteiger charge is -2.43. The standard InChI is InChI=1S/C29H33Cl3N10/c1-18-13-25(22(31)15-27(18)42-7-5-20(6-8-42)41-11-9-40(2)10-12-41)36-29-33-16-23(32)28(37-29)35-24-14-19(30)3-4-21(24)26-17-34-39-38-26/h3-4,13-17,20H,5-12H2,1-2H3,(H,34,38,39)(H2,33,35,36,37). The van der Waals surface area contributed by atoms with E-state index in [1.54, 1.807) is 24.5 Å². The summed E-state index contributed by atoms with van der Waals surface area (Å²) in [5.41, 5.74) is 5.27. The molecule has 2 aliphatic rings. The normalized spacial score (nSPS) is 17.0. The molecule has 0 saturated carbocycles. The van der Waals surface area contributed by atoms with Crippen LogP contribution in [0.25, 0.3) is 11.3 Å². The molecule has 0 amide bonds. The van der Waals surface area contributed by atoms with Gasteiger partial charge in [-0.2, -0.15) is 4.98 Å². The number of hydrogen-bond acceptors (Lipinski definition) is 9. The van der Waals surface area contributed by atoms with Crippen molar-refractivity contribution in [1.82, 2.24) is 35.2 Å². The van der Waals surface area contributed by atoms with Gasteiger partial charge in [0.2, 0.25) is 5.95 Å². The third kappa shape index (κ3) is 6.43. The number of anilines is 5. The zero-order chi connectivity index (χ0) is 29.2. The number of aromatic nitrogens is 5. The van der Waals surface area contributed by atoms with Gasteiger partial charge in [0.1, 0.15) is 5.02 Å². The van der Waals surface area contributed by atoms with Crippen molar-refractivity contribution in [2.24, 2.45) is 0 Å². The lowest BCUT2D eigenvalue weighted by atomic mass is 10.0. The molecule has 42 heavy (non-hydrogen) atoms. The molecule has 4 heterocycles. The zero-order valence-electron chi connectivity index (χ0n) is 23.5. The Labute approximate surface area is 260 Å². The maximum absolute atomic E-state index is 6.80. The molecular weight excluding hydrogens is 595 g/mol. The van der Waals surface area contributed by atoms with Crippen molar-refractivity contribution in [3.05, 3.63) is 63.4 Å². The molecule has 2 aliphatic heterocycles. The fourth-order valence-electron chi connectivity index (χ4n) is 5.71. The molecule has 10 nitrogen and oxygen atoms in total. The van der Waals surface area contributed by atoms with Gasteiger partial charge in [0.25, 0.3) is 0 Å². The first-order chi connectivity index (χ1) is 20.3. The summed E-state index contributed by atoms with van der Waals surface area (Å²) in [4.78, 5) is 16.5. The number of piperidine rings is 1. The highest BCUT2D eigenvalue weighted by atomic mass is 35.5. The highest BCUT2D eigenvalue weighted by Crippen LogP contribution is 2.36. The molecule has 0 spiro atoms. The maximum atomic E-state index is 6.80. The number of likely N-dealkylation sites (N-methyl/N-ethyl adjacent to an activating group) is 1. The van der Waals surface area contributed by atoms with Gasteiger partial charge in [0.05, 0.1) is 34.5 Å². The van der Waals surface area contributed by atoms with E-state index >= 15 is 0 Å². The Morgan fingerprint density at radius 3 is 2.40 bits per heavy atom. The third-order valence-electron chi connectivity index (χ3n) is 8.08. The fourth-order valence-corrected chi connectivity index (χ4v) is 6.23. The summed E-state index contributed by atoms with van der Waals surface area (Å²) < 4.78 is 0. The molecule has 2 aromatic heterocycles. The summed E-state index contributed by atoms with van der Waals surface area (Å²) in [7, 11) is 2.21. The average Bonchev–Trinajstić information content (AvgIpc) is 3.52. The van der Waals surface area contributed by atoms with Crippen LogP contribution in [0.3, 0.4) is 0 Å². The molecule has 4 aromatic rings. The van der Waals surface area contributed by atoms with Crippen molar-refractivity contribution >= 4 is 63.6 Å². The Kier molecular flexibility index (Phi) is 8.69. The summed E-state index contributed by atoms with van der Waals surface area (Å²) in [5, 5.41) is 18.6. The highest BCUT2D eigenvalue weighted by molar-refractivity contribution is 6.34. The minimum atomic E-state index is 0.354. The molecule has 0 atom stereocenters. The van der Waals surface area contributed by atoms with Crippen LogP contribution < -0.4 is 15.5 Å². The van der Waals surface area contributed by atoms with Gasteiger partial charge < -0.3 is 20.4 Å². The molecule has 0 aliphatic carbocycles. The van der Waals surface area contributed by atoms with E-state index in [1.807, 2.05) is 12.1 Å². The first-order valence-corrected chi connectivity index (χ1v) is 15.2. The summed E-state index contributed by atoms with van der Waals surface area (Å²) in [6.45, 7) is 8.80. The predicted octanol–water partition coefficient (Wildman–Crippen LogP) is 6.23. The Bertz CT molecular complexity index is 1530. The second kappa shape index (κ2) is 12.6. The van der Waals surface area contributed by atoms with Crippen molar-refractivity contribution < 1.29 is 0 Å². The van der Waals surface area contributed by atoms with E-state index < -0.39 is 0 Å². The number of hydrogen-bond donors (Lipinski definition) is 3. The average molecular weight is 628 g/mol. The molecule has 0 unspecified atom stereocenters. The number of nitrogens with one attached hydrogen (secondary N) is 3. The van der Waals surface area contributed by atoms with Crippen LogP contribution in [0.1, 0.15) is 18.4 Å². The molecule has 2 aromatic carbocycles. The molecule has 13 heteroatoms. The first kappa shape index (κ1) is 28.9. The van der Waals surface area contributed by atoms with Crippen LogP contribution >= 0.6 is 34.8 Å². The van der Waals surface area contributed by atoms with Gasteiger partial charge in [0.15, 0.2) is 5.82 Å². The zero-order valence-corrected chi connectivity index (χ0v) is 25.8. The highest BCUT2D eigenvalue weighted by Gasteiger charge is 2.27. The summed E-state index contributed by atoms with van der Waals surface area (Å²) in [6, 6.07) is 10.2. The van der Waals surface area contributed by atoms with Crippen LogP contribution in [-0.4, -0.2) is 87.5 Å². The van der Waals surface area contributed by atoms with Crippen LogP contribution in [0.15, 0.2) is 42.7 Å². The van der Waals surface area contributed by atoms with Crippen molar-refractivity contribution in [1.29, 1.82) is 0 Å². The summed E-state index contributed by atoms with van der Waals surface area (Å²) in [5.74, 6) is 0.772. The number of piperazine rings is 1. The number of H-pyrrole nitrogens is 1. The number of benzene rings is 2. The molecule has 220 valence electrons. The lowest BCUT2D eigenvalue weighted by Crippen LogP contribution is -2.52. The Hall–Kier alpha value is -3.15. The molecular formula is C29H33Cl3N10. The van der Waals surface area contributed by atoms with Crippen LogP contribution in [-0.2, 0) is 0 Å². The Balaban J connectivity index is 1.16. The van der Waals surface area contributed by atoms with Crippen molar-refractivity contribution in [3.8, 4) is 11.3 Å². The molecule has 2 fully saturated rings. The van der Waals surface area contributed by atoms with Crippen LogP contribution in [0.4, 0.5) is 28.8 Å². The Morgan fingerprint density at radius 1 is 0.881 bits per heavy atom. The third-order valence-corrected chi connectivity index (χ3v) is 8.90. The number of aryl methyl sites for hydroxylation is 1. The fraction of sp³-hybridized carbons (Fsp3) is 0.379. The van der Waals surface area contributed by atoms with Crippen molar-refractivity contribution in [2.45, 2.75) is 25.8 Å². The van der Waals surface area contributed by atoms with E-state index in [4.69, 9.17) is 34.8 Å². The van der Waals surface area contributed by atoms with Gasteiger partial charge >= 0.3 is 0 Å². The second-order valence-electron chi connectivity index (χ2n) is 10.9. The monoisotopic (exact) mass is 626 g/mol. The SMILES string of the molecule is Cc1cc(Nc2ncc(Cl)c(Nc3cc(Cl)ccc3-c3cnn[nH]3)n2)c(Cl)cc1N1CCC(N2CCN(C)CC2)CC1. The van der Waals surface area contributed by atoms with Crippen molar-refractivity contribution in [3.63, 3.8) is 0 Å². The summed E-state index contributed by atoms with van der Waals surface area (Å²) in [6.07, 6.45) is 5.51. The Morgan fingerprint density at radius 2 is 1.67 bits per heavy atom. The number of nitrogens with zero attached hydrogens (tertiary/aromatic N) is 7. The molecule has 0 radical (unpaired) electrons. The molecule has 0 bridgehead atoms. The summed E-state index contributed by atoms with van der Waals surface area (Å²) >= 11 is 19.6. The van der Waals surface area contributed by atoms with E-state index in [0.29, 0.717) is 38.6 Å². The van der Waals surface area contributed by atoms with Crippen LogP contribution in [0.5, 0.6) is 0 Å². The van der Waals surface area contributed by atoms with Gasteiger partial charge in [-0.1, -0.05) is 40.0 Å². The number of aromatic amines is 1. The van der Waals surface area contributed by atoms with Gasteiger partial charge in [-0.15, -0.1) is 5.10 Å². The van der Waals surface area contributed by atoms with E-state index in [1.165, 1.54) is 31.6 Å². The largest absolute Gasteiger partial charge is 0.371 e. The minimum Gasteiger partial charge on any atom is -0.371 e. The van der Waals surface area contributed by atoms with Gasteiger partial charge in [-0.3, -0.25) is 10.00 Å². The van der Waals surface area contributed by atoms with Gasteiger partial charge in [-0.05, 0) is 62.7 Å². The van der Waals surface area contributed by atoms with E-state index in [9.17, 15) is 0 Å². The van der Waals surface area contributed by atoms with E-state index in [0.717, 1.165) is 48.7 Å². The number of halogens is 3. The first-order valence-electron chi connectivity index (χ1n) is 14.0. The smallest absolute Gasteiger partial charge is 0.229 e. The number of rotatable bonds is 7. The van der Waals surface area contributed by atoms with Gasteiger partial charge in [-0.25, -0.2) is 4.98 Å². The van der Waals surface area contributed by atoms with E-state index in [2.05, 4.69) is 70.7 Å². The minimum absolute atomic E-state index is 0.354. The van der Waals surface area contributed by atoms with Crippen molar-refractivity contribution in [2.75, 3.05) is 61.8 Å². The van der Waals surface area contributed by atoms with Crippen LogP contribution in [0.2, 0.25) is 15.1 Å². The lowest BCUT2D eigenvalue weighted by molar-refractivity contribution is 0.0982. The molecule has 3 N–H and O–H groups in total. The maximum Gasteiger partial charge on any atom is 0.229 e. The second-order valence-corrected chi connectivity index (χ2v) is 12.1. The van der Waals surface area contributed by atoms with E-state index in [-0.39, 0.29) is 0 Å². The quantitative estimate of drug-likeness (QED) is 0.220. The van der Waals surface area contributed by atoms with Gasteiger partial charge in [0, 0.05) is 61.6 Å². The topological polar surface area (TPSA) is 101 Å². The predicted molar refractivity (Wildman–Crippen MR) is 171 cm³/mol. The molecule has 6 rings (SSSR count). The van der Waals surface area contributed by atoms with Crippen LogP contribution in [0, 0.1) is 6.92 Å².